The summed E-state index contributed by atoms with van der Waals surface area (Å²) in [5.41, 5.74) is 1.88. The molecule has 0 aliphatic heterocycles. The fourth-order valence-corrected chi connectivity index (χ4v) is 2.42. The topological polar surface area (TPSA) is 33.5 Å². The number of nitrogens with one attached hydrogen (secondary N) is 2. The quantitative estimate of drug-likeness (QED) is 0.864. The van der Waals surface area contributed by atoms with Crippen molar-refractivity contribution in [2.75, 3.05) is 18.9 Å². The fraction of sp³-hybridized carbons (Fsp3) is 0.278. The summed E-state index contributed by atoms with van der Waals surface area (Å²) in [6.45, 7) is 2.64. The van der Waals surface area contributed by atoms with Gasteiger partial charge in [0.1, 0.15) is 6.54 Å². The summed E-state index contributed by atoms with van der Waals surface area (Å²) in [6.07, 6.45) is -4.33. The summed E-state index contributed by atoms with van der Waals surface area (Å²) in [6, 6.07) is 12.5. The molecule has 1 unspecified atom stereocenters. The zero-order valence-electron chi connectivity index (χ0n) is 13.6. The Bertz CT molecular complexity index is 696. The summed E-state index contributed by atoms with van der Waals surface area (Å²) >= 11 is 0. The Balaban J connectivity index is 1.88. The highest BCUT2D eigenvalue weighted by molar-refractivity contribution is 5.91. The Morgan fingerprint density at radius 3 is 2.38 bits per heavy atom. The van der Waals surface area contributed by atoms with E-state index in [0.29, 0.717) is 6.54 Å². The minimum absolute atomic E-state index is 0.134. The van der Waals surface area contributed by atoms with Crippen LogP contribution in [0.25, 0.3) is 0 Å². The van der Waals surface area contributed by atoms with Crippen LogP contribution in [0.3, 0.4) is 0 Å². The van der Waals surface area contributed by atoms with Gasteiger partial charge in [-0.2, -0.15) is 13.2 Å². The van der Waals surface area contributed by atoms with Crippen LogP contribution in [0.15, 0.2) is 48.5 Å². The van der Waals surface area contributed by atoms with E-state index in [4.69, 9.17) is 0 Å². The Morgan fingerprint density at radius 1 is 1.12 bits per heavy atom. The van der Waals surface area contributed by atoms with E-state index in [1.807, 2.05) is 38.2 Å². The first-order valence-electron chi connectivity index (χ1n) is 7.58. The van der Waals surface area contributed by atoms with Crippen LogP contribution < -0.4 is 10.2 Å². The lowest BCUT2D eigenvalue weighted by atomic mass is 10.1. The van der Waals surface area contributed by atoms with Crippen molar-refractivity contribution in [1.29, 1.82) is 0 Å². The van der Waals surface area contributed by atoms with Crippen molar-refractivity contribution in [3.8, 4) is 0 Å². The van der Waals surface area contributed by atoms with E-state index in [2.05, 4.69) is 5.32 Å². The molecule has 0 radical (unpaired) electrons. The summed E-state index contributed by atoms with van der Waals surface area (Å²) in [5, 5.41) is 2.82. The largest absolute Gasteiger partial charge is 0.416 e. The van der Waals surface area contributed by atoms with Crippen molar-refractivity contribution >= 4 is 11.6 Å². The molecule has 0 bridgehead atoms. The molecule has 0 saturated carbocycles. The Hall–Kier alpha value is -2.34. The second-order valence-electron chi connectivity index (χ2n) is 5.92. The average molecular weight is 337 g/mol. The Labute approximate surface area is 139 Å². The number of halogens is 3. The van der Waals surface area contributed by atoms with Gasteiger partial charge in [-0.05, 0) is 36.8 Å². The molecule has 128 valence electrons. The van der Waals surface area contributed by atoms with Gasteiger partial charge in [-0.1, -0.05) is 24.3 Å². The highest BCUT2D eigenvalue weighted by Crippen LogP contribution is 2.28. The number of aryl methyl sites for hydroxylation is 1. The summed E-state index contributed by atoms with van der Waals surface area (Å²) in [7, 11) is 1.83. The third-order valence-corrected chi connectivity index (χ3v) is 3.55. The van der Waals surface area contributed by atoms with Crippen LogP contribution in [0.5, 0.6) is 0 Å². The molecule has 24 heavy (non-hydrogen) atoms. The van der Waals surface area contributed by atoms with Gasteiger partial charge in [0.15, 0.2) is 6.54 Å². The molecule has 0 spiro atoms. The number of rotatable bonds is 5. The number of hydrogen-bond acceptors (Lipinski definition) is 1. The van der Waals surface area contributed by atoms with E-state index in [1.165, 1.54) is 12.1 Å². The molecule has 2 rings (SSSR count). The standard InChI is InChI=1S/C18H19F3N2O/c1-13-4-3-5-16(10-13)22-17(24)12-23(2)11-14-6-8-15(9-7-14)18(19,20)21/h3-10H,11-12H2,1-2H3,(H,22,24)/p+1. The maximum Gasteiger partial charge on any atom is 0.416 e. The maximum absolute atomic E-state index is 12.5. The first kappa shape index (κ1) is 18.0. The molecule has 0 saturated heterocycles. The van der Waals surface area contributed by atoms with Gasteiger partial charge in [0.2, 0.25) is 0 Å². The highest BCUT2D eigenvalue weighted by atomic mass is 19.4. The molecule has 0 aromatic heterocycles. The summed E-state index contributed by atoms with van der Waals surface area (Å²) < 4.78 is 37.6. The molecular formula is C18H20F3N2O+. The van der Waals surface area contributed by atoms with Crippen LogP contribution >= 0.6 is 0 Å². The van der Waals surface area contributed by atoms with Crippen molar-refractivity contribution in [2.24, 2.45) is 0 Å². The number of amides is 1. The lowest BCUT2D eigenvalue weighted by molar-refractivity contribution is -0.885. The molecule has 1 amide bonds. The molecule has 2 aromatic rings. The van der Waals surface area contributed by atoms with Crippen molar-refractivity contribution in [2.45, 2.75) is 19.6 Å². The number of quaternary nitrogens is 1. The molecule has 0 aliphatic rings. The Morgan fingerprint density at radius 2 is 1.79 bits per heavy atom. The number of hydrogen-bond donors (Lipinski definition) is 2. The first-order valence-corrected chi connectivity index (χ1v) is 7.58. The van der Waals surface area contributed by atoms with Crippen LogP contribution in [0.4, 0.5) is 18.9 Å². The van der Waals surface area contributed by atoms with E-state index in [-0.39, 0.29) is 12.5 Å². The van der Waals surface area contributed by atoms with Gasteiger partial charge < -0.3 is 10.2 Å². The maximum atomic E-state index is 12.5. The van der Waals surface area contributed by atoms with Gasteiger partial charge in [0.25, 0.3) is 5.91 Å². The number of benzene rings is 2. The van der Waals surface area contributed by atoms with Crippen LogP contribution in [0.2, 0.25) is 0 Å². The number of anilines is 1. The highest BCUT2D eigenvalue weighted by Gasteiger charge is 2.30. The van der Waals surface area contributed by atoms with E-state index in [1.54, 1.807) is 0 Å². The van der Waals surface area contributed by atoms with Crippen LogP contribution in [-0.4, -0.2) is 19.5 Å². The van der Waals surface area contributed by atoms with Crippen LogP contribution in [-0.2, 0) is 17.5 Å². The van der Waals surface area contributed by atoms with E-state index in [9.17, 15) is 18.0 Å². The SMILES string of the molecule is Cc1cccc(NC(=O)C[NH+](C)Cc2ccc(C(F)(F)F)cc2)c1. The minimum atomic E-state index is -4.33. The van der Waals surface area contributed by atoms with Crippen molar-refractivity contribution < 1.29 is 22.9 Å². The van der Waals surface area contributed by atoms with Crippen LogP contribution in [0, 0.1) is 6.92 Å². The van der Waals surface area contributed by atoms with Gasteiger partial charge in [0, 0.05) is 11.3 Å². The van der Waals surface area contributed by atoms with Gasteiger partial charge >= 0.3 is 6.18 Å². The number of alkyl halides is 3. The van der Waals surface area contributed by atoms with Gasteiger partial charge in [-0.25, -0.2) is 0 Å². The number of likely N-dealkylation sites (N-methyl/N-ethyl adjacent to an activating group) is 1. The summed E-state index contributed by atoms with van der Waals surface area (Å²) in [5.74, 6) is -0.134. The monoisotopic (exact) mass is 337 g/mol. The van der Waals surface area contributed by atoms with Crippen molar-refractivity contribution in [1.82, 2.24) is 0 Å². The smallest absolute Gasteiger partial charge is 0.326 e. The van der Waals surface area contributed by atoms with E-state index >= 15 is 0 Å². The lowest BCUT2D eigenvalue weighted by Crippen LogP contribution is -3.08. The molecule has 0 heterocycles. The zero-order valence-corrected chi connectivity index (χ0v) is 13.6. The van der Waals surface area contributed by atoms with Crippen molar-refractivity contribution in [3.05, 3.63) is 65.2 Å². The molecule has 0 fully saturated rings. The van der Waals surface area contributed by atoms with Gasteiger partial charge in [-0.3, -0.25) is 4.79 Å². The minimum Gasteiger partial charge on any atom is -0.326 e. The number of carbonyl (C=O) groups is 1. The molecular weight excluding hydrogens is 317 g/mol. The van der Waals surface area contributed by atoms with Crippen molar-refractivity contribution in [3.63, 3.8) is 0 Å². The molecule has 2 N–H and O–H groups in total. The third kappa shape index (κ3) is 5.38. The van der Waals surface area contributed by atoms with Crippen LogP contribution in [0.1, 0.15) is 16.7 Å². The predicted molar refractivity (Wildman–Crippen MR) is 86.7 cm³/mol. The van der Waals surface area contributed by atoms with E-state index < -0.39 is 11.7 Å². The second kappa shape index (κ2) is 7.49. The number of carbonyl (C=O) groups excluding carboxylic acids is 1. The van der Waals surface area contributed by atoms with Gasteiger partial charge in [0.05, 0.1) is 12.6 Å². The zero-order chi connectivity index (χ0) is 17.7. The molecule has 6 heteroatoms. The average Bonchev–Trinajstić information content (AvgIpc) is 2.46. The predicted octanol–water partition coefficient (Wildman–Crippen LogP) is 2.67. The second-order valence-corrected chi connectivity index (χ2v) is 5.92. The first-order chi connectivity index (χ1) is 11.2. The van der Waals surface area contributed by atoms with Gasteiger partial charge in [-0.15, -0.1) is 0 Å². The fourth-order valence-electron chi connectivity index (χ4n) is 2.42. The lowest BCUT2D eigenvalue weighted by Gasteiger charge is -2.14. The molecule has 2 aromatic carbocycles. The Kier molecular flexibility index (Phi) is 5.62. The molecule has 3 nitrogen and oxygen atoms in total. The van der Waals surface area contributed by atoms with E-state index in [0.717, 1.165) is 33.8 Å². The summed E-state index contributed by atoms with van der Waals surface area (Å²) in [4.78, 5) is 12.9. The molecule has 0 aliphatic carbocycles. The third-order valence-electron chi connectivity index (χ3n) is 3.55. The molecule has 1 atom stereocenters. The normalized spacial score (nSPS) is 12.7.